The minimum Gasteiger partial charge on any atom is -0.456 e. The van der Waals surface area contributed by atoms with Gasteiger partial charge in [0.05, 0.1) is 0 Å². The Bertz CT molecular complexity index is 2910. The Morgan fingerprint density at radius 3 is 1.51 bits per heavy atom. The summed E-state index contributed by atoms with van der Waals surface area (Å²) < 4.78 is 6.66. The molecule has 2 heterocycles. The molecule has 2 aromatic heterocycles. The quantitative estimate of drug-likeness (QED) is 0.196. The number of hydrogen-bond acceptors (Lipinski definition) is 4. The van der Waals surface area contributed by atoms with Crippen LogP contribution in [0.25, 0.3) is 111 Å². The van der Waals surface area contributed by atoms with Crippen molar-refractivity contribution >= 4 is 54.3 Å². The molecule has 0 bridgehead atoms. The van der Waals surface area contributed by atoms with Crippen molar-refractivity contribution in [2.75, 3.05) is 0 Å². The molecule has 0 atom stereocenters. The highest BCUT2D eigenvalue weighted by Gasteiger charge is 2.24. The van der Waals surface area contributed by atoms with Crippen LogP contribution in [0, 0.1) is 0 Å². The first-order valence-corrected chi connectivity index (χ1v) is 16.5. The normalized spacial score (nSPS) is 12.1. The largest absolute Gasteiger partial charge is 0.456 e. The van der Waals surface area contributed by atoms with Gasteiger partial charge in [-0.2, -0.15) is 0 Å². The molecule has 0 saturated carbocycles. The van der Waals surface area contributed by atoms with Gasteiger partial charge in [0.1, 0.15) is 11.2 Å². The van der Waals surface area contributed by atoms with Gasteiger partial charge in [0.25, 0.3) is 0 Å². The molecule has 226 valence electrons. The summed E-state index contributed by atoms with van der Waals surface area (Å²) in [5.41, 5.74) is 9.50. The summed E-state index contributed by atoms with van der Waals surface area (Å²) in [5, 5.41) is 9.36. The van der Waals surface area contributed by atoms with E-state index < -0.39 is 0 Å². The zero-order valence-corrected chi connectivity index (χ0v) is 26.2. The molecule has 0 aliphatic heterocycles. The van der Waals surface area contributed by atoms with E-state index in [1.54, 1.807) is 0 Å². The fraction of sp³-hybridized carbons (Fsp3) is 0. The summed E-state index contributed by atoms with van der Waals surface area (Å²) in [4.78, 5) is 15.2. The van der Waals surface area contributed by atoms with E-state index in [4.69, 9.17) is 19.4 Å². The summed E-state index contributed by atoms with van der Waals surface area (Å²) in [5.74, 6) is 1.87. The van der Waals surface area contributed by atoms with Gasteiger partial charge >= 0.3 is 0 Å². The van der Waals surface area contributed by atoms with E-state index in [0.29, 0.717) is 17.5 Å². The second kappa shape index (κ2) is 9.93. The first kappa shape index (κ1) is 26.4. The molecule has 10 aromatic rings. The van der Waals surface area contributed by atoms with Crippen LogP contribution in [-0.4, -0.2) is 15.0 Å². The standard InChI is InChI=1S/C45H25N3O/c1-3-10-28-22-30(18-16-26(28)8-1)43-46-44(31-19-17-27-9-2-4-11-29(27)23-31)48-45(47-43)32-20-21-36-39(24-32)49-40-25-38-34-13-6-5-12-33(34)35-14-7-15-37(41(35)38)42(36)40/h1-25H. The van der Waals surface area contributed by atoms with Crippen molar-refractivity contribution in [2.24, 2.45) is 0 Å². The summed E-state index contributed by atoms with van der Waals surface area (Å²) in [6, 6.07) is 53.3. The maximum Gasteiger partial charge on any atom is 0.164 e. The number of benzene rings is 8. The number of rotatable bonds is 3. The Balaban J connectivity index is 1.12. The van der Waals surface area contributed by atoms with Crippen LogP contribution in [-0.2, 0) is 0 Å². The fourth-order valence-electron chi connectivity index (χ4n) is 7.70. The molecular formula is C45H25N3O. The van der Waals surface area contributed by atoms with Crippen LogP contribution in [0.4, 0.5) is 0 Å². The highest BCUT2D eigenvalue weighted by Crippen LogP contribution is 2.50. The summed E-state index contributed by atoms with van der Waals surface area (Å²) in [7, 11) is 0. The van der Waals surface area contributed by atoms with Crippen LogP contribution in [0.3, 0.4) is 0 Å². The smallest absolute Gasteiger partial charge is 0.164 e. The van der Waals surface area contributed by atoms with Gasteiger partial charge in [-0.1, -0.05) is 121 Å². The van der Waals surface area contributed by atoms with Crippen molar-refractivity contribution in [3.05, 3.63) is 152 Å². The van der Waals surface area contributed by atoms with Gasteiger partial charge in [0.15, 0.2) is 17.5 Å². The van der Waals surface area contributed by atoms with Crippen LogP contribution in [0.2, 0.25) is 0 Å². The topological polar surface area (TPSA) is 51.8 Å². The Morgan fingerprint density at radius 2 is 0.857 bits per heavy atom. The number of hydrogen-bond donors (Lipinski definition) is 0. The molecule has 49 heavy (non-hydrogen) atoms. The van der Waals surface area contributed by atoms with Crippen LogP contribution in [0.15, 0.2) is 156 Å². The van der Waals surface area contributed by atoms with Crippen molar-refractivity contribution in [1.29, 1.82) is 0 Å². The Labute approximate surface area is 281 Å². The molecule has 4 nitrogen and oxygen atoms in total. The van der Waals surface area contributed by atoms with Gasteiger partial charge < -0.3 is 4.42 Å². The van der Waals surface area contributed by atoms with E-state index in [2.05, 4.69) is 152 Å². The maximum atomic E-state index is 6.66. The molecule has 1 aliphatic rings. The molecule has 0 N–H and O–H groups in total. The van der Waals surface area contributed by atoms with Crippen molar-refractivity contribution in [3.63, 3.8) is 0 Å². The van der Waals surface area contributed by atoms with Crippen molar-refractivity contribution < 1.29 is 4.42 Å². The van der Waals surface area contributed by atoms with Gasteiger partial charge in [-0.15, -0.1) is 0 Å². The summed E-state index contributed by atoms with van der Waals surface area (Å²) in [6.45, 7) is 0. The van der Waals surface area contributed by atoms with E-state index in [1.807, 2.05) is 0 Å². The minimum absolute atomic E-state index is 0.603. The van der Waals surface area contributed by atoms with Crippen LogP contribution < -0.4 is 0 Å². The van der Waals surface area contributed by atoms with Crippen LogP contribution >= 0.6 is 0 Å². The minimum atomic E-state index is 0.603. The third-order valence-electron chi connectivity index (χ3n) is 10.0. The molecule has 0 unspecified atom stereocenters. The van der Waals surface area contributed by atoms with Crippen molar-refractivity contribution in [3.8, 4) is 56.4 Å². The third-order valence-corrected chi connectivity index (χ3v) is 10.0. The van der Waals surface area contributed by atoms with Crippen molar-refractivity contribution in [1.82, 2.24) is 15.0 Å². The monoisotopic (exact) mass is 623 g/mol. The van der Waals surface area contributed by atoms with Gasteiger partial charge in [0, 0.05) is 27.5 Å². The average molecular weight is 624 g/mol. The van der Waals surface area contributed by atoms with E-state index in [0.717, 1.165) is 49.4 Å². The number of fused-ring (bicyclic) bond motifs is 9. The van der Waals surface area contributed by atoms with Gasteiger partial charge in [0.2, 0.25) is 0 Å². The SMILES string of the molecule is c1ccc2c(c1)-c1cccc3c1c-2cc1oc2cc(-c4nc(-c5ccc6ccccc6c5)nc(-c5ccc6ccccc6c5)n4)ccc2c13. The van der Waals surface area contributed by atoms with Crippen molar-refractivity contribution in [2.45, 2.75) is 0 Å². The second-order valence-electron chi connectivity index (χ2n) is 12.8. The van der Waals surface area contributed by atoms with Crippen LogP contribution in [0.1, 0.15) is 0 Å². The highest BCUT2D eigenvalue weighted by atomic mass is 16.3. The number of aromatic nitrogens is 3. The van der Waals surface area contributed by atoms with E-state index in [-0.39, 0.29) is 0 Å². The molecule has 0 saturated heterocycles. The van der Waals surface area contributed by atoms with Gasteiger partial charge in [-0.05, 0) is 84.9 Å². The third kappa shape index (κ3) is 3.95. The molecule has 0 spiro atoms. The van der Waals surface area contributed by atoms with Gasteiger partial charge in [-0.25, -0.2) is 15.0 Å². The lowest BCUT2D eigenvalue weighted by molar-refractivity contribution is 0.669. The fourth-order valence-corrected chi connectivity index (χ4v) is 7.70. The first-order valence-electron chi connectivity index (χ1n) is 16.5. The first-order chi connectivity index (χ1) is 24.2. The Morgan fingerprint density at radius 1 is 0.327 bits per heavy atom. The van der Waals surface area contributed by atoms with E-state index in [9.17, 15) is 0 Å². The van der Waals surface area contributed by atoms with E-state index in [1.165, 1.54) is 43.8 Å². The molecule has 0 radical (unpaired) electrons. The zero-order valence-electron chi connectivity index (χ0n) is 26.2. The van der Waals surface area contributed by atoms with E-state index >= 15 is 0 Å². The molecule has 4 heteroatoms. The zero-order chi connectivity index (χ0) is 32.1. The average Bonchev–Trinajstić information content (AvgIpc) is 3.70. The molecule has 8 aromatic carbocycles. The Hall–Kier alpha value is -6.65. The second-order valence-corrected chi connectivity index (χ2v) is 12.8. The number of nitrogens with zero attached hydrogens (tertiary/aromatic N) is 3. The molecule has 11 rings (SSSR count). The molecule has 0 amide bonds. The maximum absolute atomic E-state index is 6.66. The predicted octanol–water partition coefficient (Wildman–Crippen LogP) is 11.9. The molecule has 0 fully saturated rings. The Kier molecular flexibility index (Phi) is 5.35. The lowest BCUT2D eigenvalue weighted by Crippen LogP contribution is -2.00. The van der Waals surface area contributed by atoms with Crippen LogP contribution in [0.5, 0.6) is 0 Å². The summed E-state index contributed by atoms with van der Waals surface area (Å²) >= 11 is 0. The lowest BCUT2D eigenvalue weighted by atomic mass is 9.98. The summed E-state index contributed by atoms with van der Waals surface area (Å²) in [6.07, 6.45) is 0. The lowest BCUT2D eigenvalue weighted by Gasteiger charge is -2.10. The molecular weight excluding hydrogens is 599 g/mol. The van der Waals surface area contributed by atoms with Gasteiger partial charge in [-0.3, -0.25) is 0 Å². The highest BCUT2D eigenvalue weighted by molar-refractivity contribution is 6.28. The predicted molar refractivity (Wildman–Crippen MR) is 200 cm³/mol. The molecule has 1 aliphatic carbocycles. The number of furan rings is 1.